The first-order valence-corrected chi connectivity index (χ1v) is 25.7. The van der Waals surface area contributed by atoms with Crippen LogP contribution in [0.5, 0.6) is 0 Å². The standard InChI is InChI=1S/C30H58O5Si3/c1-28-16-14-22(34-37(6,7)8)18-21(28)12-13-23-24-15-17-30(32,29(24,2)19-25(31)27(23)28)26(35-38(9,10)11)20-33-36(3,4)5/h21-24,26-27,32H,12-20H2,1-11H3/t21?,22?,23?,24?,26?,27?,28?,29?,30-/m1/s1. The maximum absolute atomic E-state index is 14.3. The Morgan fingerprint density at radius 3 is 2.13 bits per heavy atom. The smallest absolute Gasteiger partial charge is 0.184 e. The molecule has 4 saturated carbocycles. The second-order valence-corrected chi connectivity index (χ2v) is 30.3. The van der Waals surface area contributed by atoms with Crippen LogP contribution in [-0.2, 0) is 18.1 Å². The highest BCUT2D eigenvalue weighted by molar-refractivity contribution is 6.70. The minimum atomic E-state index is -1.95. The molecule has 220 valence electrons. The Labute approximate surface area is 236 Å². The highest BCUT2D eigenvalue weighted by Crippen LogP contribution is 2.68. The first-order chi connectivity index (χ1) is 17.2. The summed E-state index contributed by atoms with van der Waals surface area (Å²) in [7, 11) is -5.31. The number of carbonyl (C=O) groups is 1. The number of aliphatic hydroxyl groups is 1. The molecule has 4 aliphatic rings. The molecule has 8 heteroatoms. The van der Waals surface area contributed by atoms with Crippen molar-refractivity contribution >= 4 is 30.7 Å². The summed E-state index contributed by atoms with van der Waals surface area (Å²) >= 11 is 0. The Balaban J connectivity index is 1.60. The van der Waals surface area contributed by atoms with Crippen LogP contribution in [0.15, 0.2) is 0 Å². The van der Waals surface area contributed by atoms with Crippen LogP contribution < -0.4 is 0 Å². The van der Waals surface area contributed by atoms with Crippen molar-refractivity contribution in [1.29, 1.82) is 0 Å². The zero-order chi connectivity index (χ0) is 28.5. The van der Waals surface area contributed by atoms with Gasteiger partial charge in [0, 0.05) is 23.9 Å². The molecule has 4 aliphatic carbocycles. The Kier molecular flexibility index (Phi) is 8.32. The van der Waals surface area contributed by atoms with E-state index in [1.165, 1.54) is 6.42 Å². The number of carbonyl (C=O) groups excluding carboxylic acids is 1. The summed E-state index contributed by atoms with van der Waals surface area (Å²) < 4.78 is 19.7. The van der Waals surface area contributed by atoms with Crippen molar-refractivity contribution in [2.24, 2.45) is 34.5 Å². The predicted molar refractivity (Wildman–Crippen MR) is 163 cm³/mol. The summed E-state index contributed by atoms with van der Waals surface area (Å²) in [5.74, 6) is 1.84. The molecule has 0 bridgehead atoms. The molecule has 5 nitrogen and oxygen atoms in total. The van der Waals surface area contributed by atoms with Gasteiger partial charge in [0.25, 0.3) is 0 Å². The third-order valence-electron chi connectivity index (χ3n) is 10.7. The van der Waals surface area contributed by atoms with Crippen molar-refractivity contribution < 1.29 is 23.2 Å². The molecule has 0 aliphatic heterocycles. The van der Waals surface area contributed by atoms with Crippen molar-refractivity contribution in [2.75, 3.05) is 6.61 Å². The number of fused-ring (bicyclic) bond motifs is 5. The predicted octanol–water partition coefficient (Wildman–Crippen LogP) is 7.23. The van der Waals surface area contributed by atoms with Gasteiger partial charge in [0.2, 0.25) is 0 Å². The van der Waals surface area contributed by atoms with Crippen molar-refractivity contribution in [2.45, 2.75) is 142 Å². The van der Waals surface area contributed by atoms with Gasteiger partial charge in [-0.25, -0.2) is 0 Å². The van der Waals surface area contributed by atoms with Crippen LogP contribution in [-0.4, -0.2) is 60.3 Å². The maximum Gasteiger partial charge on any atom is 0.184 e. The van der Waals surface area contributed by atoms with Crippen LogP contribution in [0.3, 0.4) is 0 Å². The molecule has 1 N–H and O–H groups in total. The second kappa shape index (κ2) is 10.2. The Morgan fingerprint density at radius 2 is 1.55 bits per heavy atom. The molecular formula is C30H58O5Si3. The SMILES string of the molecule is CC12CCC(O[Si](C)(C)C)CC1CCC1C2C(=O)CC2(C)C1CC[C@@]2(O)C(CO[Si](C)(C)C)O[Si](C)(C)C. The van der Waals surface area contributed by atoms with E-state index in [4.69, 9.17) is 13.3 Å². The number of rotatable bonds is 8. The minimum absolute atomic E-state index is 0.0660. The Morgan fingerprint density at radius 1 is 0.895 bits per heavy atom. The fourth-order valence-electron chi connectivity index (χ4n) is 9.23. The van der Waals surface area contributed by atoms with E-state index in [1.807, 2.05) is 0 Å². The topological polar surface area (TPSA) is 65.0 Å². The molecule has 0 aromatic heterocycles. The van der Waals surface area contributed by atoms with Crippen LogP contribution in [0.2, 0.25) is 58.9 Å². The van der Waals surface area contributed by atoms with Gasteiger partial charge in [0.15, 0.2) is 25.0 Å². The van der Waals surface area contributed by atoms with E-state index in [-0.39, 0.29) is 17.4 Å². The van der Waals surface area contributed by atoms with Gasteiger partial charge in [-0.1, -0.05) is 13.8 Å². The molecule has 38 heavy (non-hydrogen) atoms. The third-order valence-corrected chi connectivity index (χ3v) is 13.8. The zero-order valence-electron chi connectivity index (χ0n) is 26.4. The summed E-state index contributed by atoms with van der Waals surface area (Å²) in [5.41, 5.74) is -1.42. The van der Waals surface area contributed by atoms with Gasteiger partial charge in [-0.15, -0.1) is 0 Å². The molecule has 0 spiro atoms. The monoisotopic (exact) mass is 582 g/mol. The lowest BCUT2D eigenvalue weighted by atomic mass is 9.44. The summed E-state index contributed by atoms with van der Waals surface area (Å²) in [6.45, 7) is 25.1. The molecule has 4 rings (SSSR count). The summed E-state index contributed by atoms with van der Waals surface area (Å²) in [5, 5.41) is 12.6. The first-order valence-electron chi connectivity index (χ1n) is 15.4. The third kappa shape index (κ3) is 5.88. The molecule has 0 heterocycles. The highest BCUT2D eigenvalue weighted by atomic mass is 28.4. The van der Waals surface area contributed by atoms with Crippen LogP contribution in [0, 0.1) is 34.5 Å². The van der Waals surface area contributed by atoms with E-state index in [0.29, 0.717) is 49.1 Å². The number of ketones is 1. The molecule has 0 aromatic rings. The van der Waals surface area contributed by atoms with Crippen LogP contribution in [0.25, 0.3) is 0 Å². The van der Waals surface area contributed by atoms with Gasteiger partial charge >= 0.3 is 0 Å². The molecule has 4 fully saturated rings. The second-order valence-electron chi connectivity index (χ2n) is 16.8. The largest absolute Gasteiger partial charge is 0.415 e. The van der Waals surface area contributed by atoms with Crippen molar-refractivity contribution in [3.05, 3.63) is 0 Å². The number of Topliss-reactive ketones (excluding diaryl/α,β-unsaturated/α-hetero) is 1. The molecule has 8 unspecified atom stereocenters. The van der Waals surface area contributed by atoms with Crippen molar-refractivity contribution in [3.8, 4) is 0 Å². The fraction of sp³-hybridized carbons (Fsp3) is 0.967. The Hall–Kier alpha value is 0.161. The van der Waals surface area contributed by atoms with Gasteiger partial charge < -0.3 is 18.4 Å². The Bertz CT molecular complexity index is 892. The van der Waals surface area contributed by atoms with Crippen LogP contribution in [0.4, 0.5) is 0 Å². The normalized spacial score (nSPS) is 42.8. The van der Waals surface area contributed by atoms with E-state index < -0.39 is 36.0 Å². The molecule has 9 atom stereocenters. The van der Waals surface area contributed by atoms with E-state index in [0.717, 1.165) is 32.1 Å². The zero-order valence-corrected chi connectivity index (χ0v) is 29.4. The summed E-state index contributed by atoms with van der Waals surface area (Å²) in [4.78, 5) is 14.3. The van der Waals surface area contributed by atoms with Gasteiger partial charge in [-0.05, 0) is 127 Å². The molecular weight excluding hydrogens is 525 g/mol. The molecule has 0 amide bonds. The minimum Gasteiger partial charge on any atom is -0.415 e. The van der Waals surface area contributed by atoms with Gasteiger partial charge in [-0.2, -0.15) is 0 Å². The van der Waals surface area contributed by atoms with E-state index >= 15 is 0 Å². The van der Waals surface area contributed by atoms with Crippen molar-refractivity contribution in [1.82, 2.24) is 0 Å². The van der Waals surface area contributed by atoms with E-state index in [9.17, 15) is 9.90 Å². The lowest BCUT2D eigenvalue weighted by molar-refractivity contribution is -0.193. The molecule has 0 radical (unpaired) electrons. The summed E-state index contributed by atoms with van der Waals surface area (Å²) in [6, 6.07) is 0. The lowest BCUT2D eigenvalue weighted by Gasteiger charge is -2.61. The quantitative estimate of drug-likeness (QED) is 0.306. The lowest BCUT2D eigenvalue weighted by Crippen LogP contribution is -2.64. The number of hydrogen-bond acceptors (Lipinski definition) is 5. The van der Waals surface area contributed by atoms with Gasteiger partial charge in [-0.3, -0.25) is 4.79 Å². The van der Waals surface area contributed by atoms with Crippen LogP contribution in [0.1, 0.15) is 65.2 Å². The first kappa shape index (κ1) is 31.1. The van der Waals surface area contributed by atoms with Gasteiger partial charge in [0.1, 0.15) is 5.78 Å². The van der Waals surface area contributed by atoms with Crippen molar-refractivity contribution in [3.63, 3.8) is 0 Å². The summed E-state index contributed by atoms with van der Waals surface area (Å²) in [6.07, 6.45) is 7.76. The average Bonchev–Trinajstić information content (AvgIpc) is 3.00. The number of hydrogen-bond donors (Lipinski definition) is 1. The average molecular weight is 583 g/mol. The van der Waals surface area contributed by atoms with E-state index in [2.05, 4.69) is 72.8 Å². The van der Waals surface area contributed by atoms with Gasteiger partial charge in [0.05, 0.1) is 18.3 Å². The fourth-order valence-corrected chi connectivity index (χ4v) is 12.2. The maximum atomic E-state index is 14.3. The van der Waals surface area contributed by atoms with E-state index in [1.54, 1.807) is 0 Å². The molecule has 0 saturated heterocycles. The highest BCUT2D eigenvalue weighted by Gasteiger charge is 2.69. The molecule has 0 aromatic carbocycles. The van der Waals surface area contributed by atoms with Crippen LogP contribution >= 0.6 is 0 Å².